The summed E-state index contributed by atoms with van der Waals surface area (Å²) in [4.78, 5) is 21.2. The number of ether oxygens (including phenoxy) is 1. The van der Waals surface area contributed by atoms with Crippen LogP contribution in [0.3, 0.4) is 0 Å². The van der Waals surface area contributed by atoms with Gasteiger partial charge in [-0.15, -0.1) is 0 Å². The van der Waals surface area contributed by atoms with Crippen molar-refractivity contribution in [3.8, 4) is 11.4 Å². The number of pyridine rings is 1. The summed E-state index contributed by atoms with van der Waals surface area (Å²) in [6.07, 6.45) is 5.55. The fourth-order valence-electron chi connectivity index (χ4n) is 3.31. The number of fused-ring (bicyclic) bond motifs is 1. The molecule has 27 heavy (non-hydrogen) atoms. The number of anilines is 1. The molecule has 4 rings (SSSR count). The van der Waals surface area contributed by atoms with Gasteiger partial charge in [0.2, 0.25) is 5.91 Å². The Kier molecular flexibility index (Phi) is 4.62. The Bertz CT molecular complexity index is 950. The van der Waals surface area contributed by atoms with Crippen LogP contribution in [-0.2, 0) is 4.79 Å². The molecule has 3 aromatic rings. The van der Waals surface area contributed by atoms with Crippen LogP contribution in [0.15, 0.2) is 55.1 Å². The van der Waals surface area contributed by atoms with Crippen LogP contribution >= 0.6 is 0 Å². The number of carbonyl (C=O) groups excluding carboxylic acids is 1. The van der Waals surface area contributed by atoms with Gasteiger partial charge in [0.05, 0.1) is 24.2 Å². The van der Waals surface area contributed by atoms with E-state index >= 15 is 0 Å². The number of nitrogens with one attached hydrogen (secondary N) is 1. The van der Waals surface area contributed by atoms with E-state index in [9.17, 15) is 4.79 Å². The Balaban J connectivity index is 1.75. The highest BCUT2D eigenvalue weighted by molar-refractivity contribution is 5.94. The van der Waals surface area contributed by atoms with Crippen molar-refractivity contribution in [1.82, 2.24) is 14.5 Å². The van der Waals surface area contributed by atoms with Gasteiger partial charge in [-0.3, -0.25) is 14.3 Å². The minimum absolute atomic E-state index is 0.0307. The molecule has 0 aliphatic carbocycles. The lowest BCUT2D eigenvalue weighted by atomic mass is 9.89. The Morgan fingerprint density at radius 3 is 2.89 bits per heavy atom. The van der Waals surface area contributed by atoms with E-state index in [-0.39, 0.29) is 11.8 Å². The fraction of sp³-hybridized carbons (Fsp3) is 0.286. The maximum Gasteiger partial charge on any atom is 0.226 e. The van der Waals surface area contributed by atoms with Crippen LogP contribution < -0.4 is 10.1 Å². The first-order valence-electron chi connectivity index (χ1n) is 9.12. The van der Waals surface area contributed by atoms with Gasteiger partial charge in [0, 0.05) is 24.1 Å². The normalized spacial score (nSPS) is 16.1. The molecule has 0 saturated heterocycles. The standard InChI is InChI=1S/C21H22N4O2/c1-14(2)12-27-18-8-4-3-7-16(18)17-10-19(26)24-21-20(17)23-13-25(21)15-6-5-9-22-11-15/h3-9,11,13-14,17H,10,12H2,1-2H3,(H,24,26). The lowest BCUT2D eigenvalue weighted by molar-refractivity contribution is -0.116. The summed E-state index contributed by atoms with van der Waals surface area (Å²) in [5.74, 6) is 1.76. The van der Waals surface area contributed by atoms with Crippen LogP contribution in [0.2, 0.25) is 0 Å². The number of para-hydroxylation sites is 1. The largest absolute Gasteiger partial charge is 0.493 e. The quantitative estimate of drug-likeness (QED) is 0.750. The molecule has 1 aliphatic rings. The van der Waals surface area contributed by atoms with E-state index in [0.29, 0.717) is 24.8 Å². The highest BCUT2D eigenvalue weighted by Crippen LogP contribution is 2.40. The zero-order valence-electron chi connectivity index (χ0n) is 15.4. The molecule has 0 fully saturated rings. The SMILES string of the molecule is CC(C)COc1ccccc1C1CC(=O)Nc2c1ncn2-c1cccnc1. The number of amides is 1. The first-order valence-corrected chi connectivity index (χ1v) is 9.12. The molecule has 1 aromatic carbocycles. The minimum Gasteiger partial charge on any atom is -0.493 e. The van der Waals surface area contributed by atoms with Crippen LogP contribution in [-0.4, -0.2) is 27.0 Å². The molecular formula is C21H22N4O2. The summed E-state index contributed by atoms with van der Waals surface area (Å²) in [6, 6.07) is 11.7. The van der Waals surface area contributed by atoms with Gasteiger partial charge in [0.1, 0.15) is 17.9 Å². The second kappa shape index (κ2) is 7.23. The first kappa shape index (κ1) is 17.3. The molecule has 0 bridgehead atoms. The number of aromatic nitrogens is 3. The fourth-order valence-corrected chi connectivity index (χ4v) is 3.31. The van der Waals surface area contributed by atoms with E-state index in [2.05, 4.69) is 29.1 Å². The summed E-state index contributed by atoms with van der Waals surface area (Å²) in [6.45, 7) is 4.86. The molecule has 1 amide bonds. The summed E-state index contributed by atoms with van der Waals surface area (Å²) >= 11 is 0. The van der Waals surface area contributed by atoms with Crippen molar-refractivity contribution in [2.24, 2.45) is 5.92 Å². The first-order chi connectivity index (χ1) is 13.1. The van der Waals surface area contributed by atoms with Crippen molar-refractivity contribution in [2.45, 2.75) is 26.2 Å². The lowest BCUT2D eigenvalue weighted by Gasteiger charge is -2.25. The topological polar surface area (TPSA) is 69.0 Å². The van der Waals surface area contributed by atoms with Crippen LogP contribution in [0.25, 0.3) is 5.69 Å². The minimum atomic E-state index is -0.143. The van der Waals surface area contributed by atoms with Crippen molar-refractivity contribution in [2.75, 3.05) is 11.9 Å². The summed E-state index contributed by atoms with van der Waals surface area (Å²) in [5, 5.41) is 2.97. The number of carbonyl (C=O) groups is 1. The van der Waals surface area contributed by atoms with E-state index in [0.717, 1.165) is 22.7 Å². The Hall–Kier alpha value is -3.15. The molecule has 1 aliphatic heterocycles. The average molecular weight is 362 g/mol. The predicted molar refractivity (Wildman–Crippen MR) is 103 cm³/mol. The van der Waals surface area contributed by atoms with Crippen LogP contribution in [0.1, 0.15) is 37.4 Å². The smallest absolute Gasteiger partial charge is 0.226 e. The van der Waals surface area contributed by atoms with Crippen molar-refractivity contribution >= 4 is 11.7 Å². The molecule has 1 unspecified atom stereocenters. The second-order valence-electron chi connectivity index (χ2n) is 7.11. The van der Waals surface area contributed by atoms with Gasteiger partial charge in [0.15, 0.2) is 0 Å². The molecule has 6 nitrogen and oxygen atoms in total. The molecule has 2 aromatic heterocycles. The van der Waals surface area contributed by atoms with Crippen LogP contribution in [0.4, 0.5) is 5.82 Å². The van der Waals surface area contributed by atoms with Gasteiger partial charge in [-0.25, -0.2) is 4.98 Å². The van der Waals surface area contributed by atoms with Gasteiger partial charge in [-0.1, -0.05) is 32.0 Å². The molecule has 3 heterocycles. The van der Waals surface area contributed by atoms with Crippen molar-refractivity contribution < 1.29 is 9.53 Å². The molecule has 6 heteroatoms. The van der Waals surface area contributed by atoms with Gasteiger partial charge in [-0.2, -0.15) is 0 Å². The third-order valence-corrected chi connectivity index (χ3v) is 4.56. The summed E-state index contributed by atoms with van der Waals surface area (Å²) in [7, 11) is 0. The maximum atomic E-state index is 12.5. The number of nitrogens with zero attached hydrogens (tertiary/aromatic N) is 3. The van der Waals surface area contributed by atoms with Crippen LogP contribution in [0, 0.1) is 5.92 Å². The number of benzene rings is 1. The Morgan fingerprint density at radius 2 is 2.11 bits per heavy atom. The molecule has 0 spiro atoms. The van der Waals surface area contributed by atoms with Gasteiger partial charge in [-0.05, 0) is 24.1 Å². The van der Waals surface area contributed by atoms with E-state index < -0.39 is 0 Å². The lowest BCUT2D eigenvalue weighted by Crippen LogP contribution is -2.25. The predicted octanol–water partition coefficient (Wildman–Crippen LogP) is 3.78. The van der Waals surface area contributed by atoms with Crippen molar-refractivity contribution in [1.29, 1.82) is 0 Å². The number of imidazole rings is 1. The van der Waals surface area contributed by atoms with E-state index in [1.165, 1.54) is 0 Å². The summed E-state index contributed by atoms with van der Waals surface area (Å²) in [5.41, 5.74) is 2.70. The highest BCUT2D eigenvalue weighted by atomic mass is 16.5. The van der Waals surface area contributed by atoms with E-state index in [1.807, 2.05) is 41.0 Å². The van der Waals surface area contributed by atoms with Crippen LogP contribution in [0.5, 0.6) is 5.75 Å². The molecule has 138 valence electrons. The van der Waals surface area contributed by atoms with E-state index in [4.69, 9.17) is 4.74 Å². The third kappa shape index (κ3) is 3.43. The van der Waals surface area contributed by atoms with Crippen molar-refractivity contribution in [3.05, 3.63) is 66.4 Å². The van der Waals surface area contributed by atoms with Gasteiger partial charge < -0.3 is 10.1 Å². The second-order valence-corrected chi connectivity index (χ2v) is 7.11. The van der Waals surface area contributed by atoms with Crippen molar-refractivity contribution in [3.63, 3.8) is 0 Å². The number of hydrogen-bond donors (Lipinski definition) is 1. The molecular weight excluding hydrogens is 340 g/mol. The number of hydrogen-bond acceptors (Lipinski definition) is 4. The Labute approximate surface area is 158 Å². The van der Waals surface area contributed by atoms with Gasteiger partial charge >= 0.3 is 0 Å². The highest BCUT2D eigenvalue weighted by Gasteiger charge is 2.32. The molecule has 1 N–H and O–H groups in total. The van der Waals surface area contributed by atoms with E-state index in [1.54, 1.807) is 18.7 Å². The average Bonchev–Trinajstić information content (AvgIpc) is 3.10. The zero-order chi connectivity index (χ0) is 18.8. The number of rotatable bonds is 5. The maximum absolute atomic E-state index is 12.5. The van der Waals surface area contributed by atoms with Gasteiger partial charge in [0.25, 0.3) is 0 Å². The zero-order valence-corrected chi connectivity index (χ0v) is 15.4. The third-order valence-electron chi connectivity index (χ3n) is 4.56. The monoisotopic (exact) mass is 362 g/mol. The molecule has 0 saturated carbocycles. The Morgan fingerprint density at radius 1 is 1.26 bits per heavy atom. The molecule has 0 radical (unpaired) electrons. The molecule has 1 atom stereocenters. The summed E-state index contributed by atoms with van der Waals surface area (Å²) < 4.78 is 7.88.